The standard InChI is InChI=1S/C20H26O6/c1-3-4-5-6-7-15(17(20(24)25)13-18(21)22)12-19(23)26-16-10-8-14(2)9-11-16/h8-11H,3-7,12-13H2,1-2H3,(H,21,22)(H,24,25). The Morgan fingerprint density at radius 2 is 1.62 bits per heavy atom. The number of unbranched alkanes of at least 4 members (excludes halogenated alkanes) is 3. The molecule has 0 aliphatic heterocycles. The summed E-state index contributed by atoms with van der Waals surface area (Å²) in [4.78, 5) is 34.7. The van der Waals surface area contributed by atoms with Gasteiger partial charge in [0.1, 0.15) is 5.75 Å². The summed E-state index contributed by atoms with van der Waals surface area (Å²) in [6, 6.07) is 6.93. The molecule has 0 aromatic heterocycles. The topological polar surface area (TPSA) is 101 Å². The molecule has 2 N–H and O–H groups in total. The fourth-order valence-corrected chi connectivity index (χ4v) is 2.56. The first-order chi connectivity index (χ1) is 12.3. The quantitative estimate of drug-likeness (QED) is 0.266. The lowest BCUT2D eigenvalue weighted by Crippen LogP contribution is -2.15. The molecule has 26 heavy (non-hydrogen) atoms. The van der Waals surface area contributed by atoms with Gasteiger partial charge in [0.05, 0.1) is 12.8 Å². The van der Waals surface area contributed by atoms with Gasteiger partial charge in [-0.2, -0.15) is 0 Å². The number of hydrogen-bond donors (Lipinski definition) is 2. The fraction of sp³-hybridized carbons (Fsp3) is 0.450. The van der Waals surface area contributed by atoms with Gasteiger partial charge in [-0.25, -0.2) is 4.79 Å². The van der Waals surface area contributed by atoms with Crippen molar-refractivity contribution in [1.82, 2.24) is 0 Å². The minimum Gasteiger partial charge on any atom is -0.481 e. The molecule has 1 aromatic rings. The van der Waals surface area contributed by atoms with Crippen LogP contribution in [0, 0.1) is 6.92 Å². The number of benzene rings is 1. The normalized spacial score (nSPS) is 11.6. The Kier molecular flexibility index (Phi) is 9.12. The number of esters is 1. The van der Waals surface area contributed by atoms with Gasteiger partial charge in [-0.3, -0.25) is 9.59 Å². The van der Waals surface area contributed by atoms with Gasteiger partial charge in [-0.1, -0.05) is 43.9 Å². The molecule has 1 rings (SSSR count). The maximum absolute atomic E-state index is 12.2. The Labute approximate surface area is 153 Å². The van der Waals surface area contributed by atoms with Crippen LogP contribution in [0.1, 0.15) is 57.4 Å². The van der Waals surface area contributed by atoms with Crippen LogP contribution in [0.25, 0.3) is 0 Å². The first-order valence-corrected chi connectivity index (χ1v) is 8.76. The molecule has 0 saturated carbocycles. The van der Waals surface area contributed by atoms with E-state index >= 15 is 0 Å². The Morgan fingerprint density at radius 3 is 2.15 bits per heavy atom. The third-order valence-corrected chi connectivity index (χ3v) is 3.96. The van der Waals surface area contributed by atoms with E-state index in [4.69, 9.17) is 9.84 Å². The van der Waals surface area contributed by atoms with Crippen molar-refractivity contribution in [2.24, 2.45) is 0 Å². The summed E-state index contributed by atoms with van der Waals surface area (Å²) in [5, 5.41) is 18.3. The van der Waals surface area contributed by atoms with Crippen molar-refractivity contribution >= 4 is 17.9 Å². The molecule has 0 aliphatic rings. The molecule has 0 fully saturated rings. The molecule has 0 spiro atoms. The highest BCUT2D eigenvalue weighted by Gasteiger charge is 2.20. The molecule has 0 atom stereocenters. The van der Waals surface area contributed by atoms with Crippen LogP contribution in [0.5, 0.6) is 5.75 Å². The lowest BCUT2D eigenvalue weighted by molar-refractivity contribution is -0.140. The van der Waals surface area contributed by atoms with E-state index < -0.39 is 24.3 Å². The Hall–Kier alpha value is -2.63. The second kappa shape index (κ2) is 11.1. The number of carbonyl (C=O) groups excluding carboxylic acids is 1. The van der Waals surface area contributed by atoms with E-state index in [-0.39, 0.29) is 12.0 Å². The Bertz CT molecular complexity index is 657. The predicted molar refractivity (Wildman–Crippen MR) is 97.1 cm³/mol. The number of hydrogen-bond acceptors (Lipinski definition) is 4. The van der Waals surface area contributed by atoms with E-state index in [1.807, 2.05) is 6.92 Å². The van der Waals surface area contributed by atoms with E-state index in [1.54, 1.807) is 24.3 Å². The molecular formula is C20H26O6. The summed E-state index contributed by atoms with van der Waals surface area (Å²) in [5.41, 5.74) is 1.12. The second-order valence-corrected chi connectivity index (χ2v) is 6.23. The van der Waals surface area contributed by atoms with Crippen LogP contribution in [0.2, 0.25) is 0 Å². The largest absolute Gasteiger partial charge is 0.481 e. The van der Waals surface area contributed by atoms with Gasteiger partial charge in [0.2, 0.25) is 0 Å². The molecule has 6 nitrogen and oxygen atoms in total. The van der Waals surface area contributed by atoms with Gasteiger partial charge in [0.15, 0.2) is 0 Å². The Balaban J connectivity index is 2.91. The number of carboxylic acid groups (broad SMARTS) is 2. The van der Waals surface area contributed by atoms with Crippen molar-refractivity contribution in [3.05, 3.63) is 41.0 Å². The third kappa shape index (κ3) is 7.96. The number of aliphatic carboxylic acids is 2. The van der Waals surface area contributed by atoms with Crippen LogP contribution in [-0.2, 0) is 14.4 Å². The highest BCUT2D eigenvalue weighted by molar-refractivity contribution is 5.94. The van der Waals surface area contributed by atoms with Gasteiger partial charge in [0, 0.05) is 5.57 Å². The van der Waals surface area contributed by atoms with Crippen molar-refractivity contribution in [2.45, 2.75) is 58.8 Å². The van der Waals surface area contributed by atoms with Crippen LogP contribution in [-0.4, -0.2) is 28.1 Å². The molecule has 0 amide bonds. The van der Waals surface area contributed by atoms with Crippen molar-refractivity contribution in [3.8, 4) is 5.75 Å². The van der Waals surface area contributed by atoms with Crippen LogP contribution in [0.15, 0.2) is 35.4 Å². The minimum absolute atomic E-state index is 0.227. The number of aryl methyl sites for hydroxylation is 1. The van der Waals surface area contributed by atoms with Crippen molar-refractivity contribution in [3.63, 3.8) is 0 Å². The molecule has 1 aromatic carbocycles. The zero-order chi connectivity index (χ0) is 19.5. The number of rotatable bonds is 11. The lowest BCUT2D eigenvalue weighted by atomic mass is 9.96. The van der Waals surface area contributed by atoms with Gasteiger partial charge < -0.3 is 14.9 Å². The molecule has 0 radical (unpaired) electrons. The Morgan fingerprint density at radius 1 is 0.962 bits per heavy atom. The maximum atomic E-state index is 12.2. The van der Waals surface area contributed by atoms with Crippen LogP contribution >= 0.6 is 0 Å². The zero-order valence-corrected chi connectivity index (χ0v) is 15.3. The van der Waals surface area contributed by atoms with Crippen molar-refractivity contribution in [1.29, 1.82) is 0 Å². The predicted octanol–water partition coefficient (Wildman–Crippen LogP) is 4.12. The molecule has 6 heteroatoms. The van der Waals surface area contributed by atoms with Gasteiger partial charge in [-0.15, -0.1) is 0 Å². The minimum atomic E-state index is -1.30. The molecule has 0 bridgehead atoms. The molecule has 0 unspecified atom stereocenters. The molecule has 142 valence electrons. The van der Waals surface area contributed by atoms with Gasteiger partial charge >= 0.3 is 17.9 Å². The molecule has 0 saturated heterocycles. The van der Waals surface area contributed by atoms with Gasteiger partial charge in [0.25, 0.3) is 0 Å². The summed E-state index contributed by atoms with van der Waals surface area (Å²) >= 11 is 0. The summed E-state index contributed by atoms with van der Waals surface area (Å²) in [6.07, 6.45) is 3.16. The number of carbonyl (C=O) groups is 3. The first kappa shape index (κ1) is 21.4. The lowest BCUT2D eigenvalue weighted by Gasteiger charge is -2.12. The van der Waals surface area contributed by atoms with Crippen LogP contribution in [0.4, 0.5) is 0 Å². The van der Waals surface area contributed by atoms with Crippen molar-refractivity contribution < 1.29 is 29.3 Å². The highest BCUT2D eigenvalue weighted by atomic mass is 16.5. The van der Waals surface area contributed by atoms with Crippen LogP contribution < -0.4 is 4.74 Å². The first-order valence-electron chi connectivity index (χ1n) is 8.76. The van der Waals surface area contributed by atoms with E-state index in [0.717, 1.165) is 24.8 Å². The second-order valence-electron chi connectivity index (χ2n) is 6.23. The molecular weight excluding hydrogens is 336 g/mol. The molecule has 0 aliphatic carbocycles. The number of ether oxygens (including phenoxy) is 1. The summed E-state index contributed by atoms with van der Waals surface area (Å²) < 4.78 is 5.25. The monoisotopic (exact) mass is 362 g/mol. The summed E-state index contributed by atoms with van der Waals surface area (Å²) in [6.45, 7) is 3.97. The smallest absolute Gasteiger partial charge is 0.332 e. The summed E-state index contributed by atoms with van der Waals surface area (Å²) in [7, 11) is 0. The zero-order valence-electron chi connectivity index (χ0n) is 15.3. The van der Waals surface area contributed by atoms with Crippen LogP contribution in [0.3, 0.4) is 0 Å². The average Bonchev–Trinajstić information content (AvgIpc) is 2.57. The summed E-state index contributed by atoms with van der Waals surface area (Å²) in [5.74, 6) is -2.76. The third-order valence-electron chi connectivity index (χ3n) is 3.96. The molecule has 0 heterocycles. The highest BCUT2D eigenvalue weighted by Crippen LogP contribution is 2.22. The number of carboxylic acids is 2. The van der Waals surface area contributed by atoms with E-state index in [9.17, 15) is 19.5 Å². The average molecular weight is 362 g/mol. The van der Waals surface area contributed by atoms with E-state index in [0.29, 0.717) is 24.2 Å². The van der Waals surface area contributed by atoms with Gasteiger partial charge in [-0.05, 0) is 37.5 Å². The fourth-order valence-electron chi connectivity index (χ4n) is 2.56. The van der Waals surface area contributed by atoms with Crippen molar-refractivity contribution in [2.75, 3.05) is 0 Å². The van der Waals surface area contributed by atoms with E-state index in [1.165, 1.54) is 0 Å². The maximum Gasteiger partial charge on any atom is 0.332 e. The van der Waals surface area contributed by atoms with E-state index in [2.05, 4.69) is 6.92 Å². The SMILES string of the molecule is CCCCCCC(CC(=O)Oc1ccc(C)cc1)=C(CC(=O)O)C(=O)O.